The van der Waals surface area contributed by atoms with Crippen molar-refractivity contribution in [3.05, 3.63) is 22.2 Å². The quantitative estimate of drug-likeness (QED) is 0.784. The molecule has 0 aromatic carbocycles. The van der Waals surface area contributed by atoms with E-state index >= 15 is 0 Å². The Hall–Kier alpha value is -1.48. The van der Waals surface area contributed by atoms with Crippen molar-refractivity contribution in [2.45, 2.75) is 39.5 Å². The molecule has 1 aliphatic heterocycles. The summed E-state index contributed by atoms with van der Waals surface area (Å²) in [6.07, 6.45) is -3.42. The van der Waals surface area contributed by atoms with Crippen molar-refractivity contribution in [1.82, 2.24) is 24.1 Å². The first kappa shape index (κ1) is 16.4. The first-order chi connectivity index (χ1) is 10.8. The predicted molar refractivity (Wildman–Crippen MR) is 81.6 cm³/mol. The molecule has 1 fully saturated rings. The van der Waals surface area contributed by atoms with E-state index in [1.54, 1.807) is 14.1 Å². The minimum atomic E-state index is -4.14. The lowest BCUT2D eigenvalue weighted by Gasteiger charge is -2.33. The molecule has 1 atom stereocenters. The standard InChI is InChI=1S/C14H18F3N5S/c1-9-6-10(2)22-12(18-9)19-13(23)21(22)8-20-5-3-4-11(7-20)14(15,16)17/h6,11H,3-5,7-8H2,1-2H3. The highest BCUT2D eigenvalue weighted by Gasteiger charge is 2.41. The van der Waals surface area contributed by atoms with Gasteiger partial charge in [0.05, 0.1) is 12.6 Å². The van der Waals surface area contributed by atoms with Crippen molar-refractivity contribution in [2.24, 2.45) is 5.92 Å². The van der Waals surface area contributed by atoms with Crippen LogP contribution in [0.3, 0.4) is 0 Å². The minimum Gasteiger partial charge on any atom is -0.284 e. The number of aryl methyl sites for hydroxylation is 2. The lowest BCUT2D eigenvalue weighted by Crippen LogP contribution is -2.42. The molecule has 0 spiro atoms. The number of alkyl halides is 3. The second-order valence-corrected chi connectivity index (χ2v) is 6.41. The van der Waals surface area contributed by atoms with E-state index in [-0.39, 0.29) is 19.6 Å². The molecule has 0 amide bonds. The third kappa shape index (κ3) is 3.25. The smallest absolute Gasteiger partial charge is 0.284 e. The zero-order valence-electron chi connectivity index (χ0n) is 13.0. The summed E-state index contributed by atoms with van der Waals surface area (Å²) in [6, 6.07) is 1.90. The maximum atomic E-state index is 13.0. The summed E-state index contributed by atoms with van der Waals surface area (Å²) in [6.45, 7) is 4.69. The Labute approximate surface area is 136 Å². The van der Waals surface area contributed by atoms with Crippen LogP contribution >= 0.6 is 12.2 Å². The molecule has 2 aromatic heterocycles. The summed E-state index contributed by atoms with van der Waals surface area (Å²) >= 11 is 5.27. The van der Waals surface area contributed by atoms with Gasteiger partial charge in [0.25, 0.3) is 5.78 Å². The molecule has 2 aromatic rings. The largest absolute Gasteiger partial charge is 0.393 e. The fraction of sp³-hybridized carbons (Fsp3) is 0.643. The van der Waals surface area contributed by atoms with Crippen molar-refractivity contribution in [3.8, 4) is 0 Å². The molecule has 23 heavy (non-hydrogen) atoms. The average molecular weight is 345 g/mol. The summed E-state index contributed by atoms with van der Waals surface area (Å²) in [5.74, 6) is -0.789. The first-order valence-corrected chi connectivity index (χ1v) is 7.89. The Balaban J connectivity index is 1.90. The summed E-state index contributed by atoms with van der Waals surface area (Å²) in [4.78, 5) is 10.4. The van der Waals surface area contributed by atoms with Crippen LogP contribution in [0.2, 0.25) is 0 Å². The fourth-order valence-corrected chi connectivity index (χ4v) is 3.34. The summed E-state index contributed by atoms with van der Waals surface area (Å²) < 4.78 is 42.7. The molecule has 0 aliphatic carbocycles. The topological polar surface area (TPSA) is 38.4 Å². The fourth-order valence-electron chi connectivity index (χ4n) is 3.12. The van der Waals surface area contributed by atoms with Gasteiger partial charge < -0.3 is 0 Å². The minimum absolute atomic E-state index is 0.00313. The molecule has 5 nitrogen and oxygen atoms in total. The molecule has 0 radical (unpaired) electrons. The lowest BCUT2D eigenvalue weighted by atomic mass is 9.98. The van der Waals surface area contributed by atoms with E-state index in [0.29, 0.717) is 23.5 Å². The molecule has 1 saturated heterocycles. The van der Waals surface area contributed by atoms with Gasteiger partial charge in [0.1, 0.15) is 0 Å². The van der Waals surface area contributed by atoms with Gasteiger partial charge in [0.2, 0.25) is 4.77 Å². The van der Waals surface area contributed by atoms with Crippen LogP contribution in [0, 0.1) is 24.5 Å². The van der Waals surface area contributed by atoms with E-state index in [0.717, 1.165) is 11.4 Å². The van der Waals surface area contributed by atoms with Crippen LogP contribution in [0.1, 0.15) is 24.2 Å². The molecule has 3 heterocycles. The summed E-state index contributed by atoms with van der Waals surface area (Å²) in [7, 11) is 0. The summed E-state index contributed by atoms with van der Waals surface area (Å²) in [5, 5.41) is 0. The second-order valence-electron chi connectivity index (χ2n) is 6.04. The van der Waals surface area contributed by atoms with Gasteiger partial charge in [0.15, 0.2) is 0 Å². The summed E-state index contributed by atoms with van der Waals surface area (Å²) in [5.41, 5.74) is 1.73. The Morgan fingerprint density at radius 2 is 2.04 bits per heavy atom. The number of hydrogen-bond acceptors (Lipinski definition) is 4. The van der Waals surface area contributed by atoms with Crippen molar-refractivity contribution in [1.29, 1.82) is 0 Å². The van der Waals surface area contributed by atoms with E-state index in [4.69, 9.17) is 12.2 Å². The molecule has 0 saturated carbocycles. The van der Waals surface area contributed by atoms with Crippen LogP contribution in [0.4, 0.5) is 13.2 Å². The van der Waals surface area contributed by atoms with Crippen LogP contribution in [-0.2, 0) is 6.67 Å². The highest BCUT2D eigenvalue weighted by molar-refractivity contribution is 7.71. The van der Waals surface area contributed by atoms with Gasteiger partial charge in [-0.05, 0) is 51.5 Å². The van der Waals surface area contributed by atoms with Crippen LogP contribution < -0.4 is 0 Å². The predicted octanol–water partition coefficient (Wildman–Crippen LogP) is 3.11. The molecule has 126 valence electrons. The molecular formula is C14H18F3N5S. The number of rotatable bonds is 2. The normalized spacial score (nSPS) is 20.3. The number of halogens is 3. The van der Waals surface area contributed by atoms with Gasteiger partial charge in [-0.2, -0.15) is 18.2 Å². The van der Waals surface area contributed by atoms with Gasteiger partial charge in [-0.3, -0.25) is 4.90 Å². The highest BCUT2D eigenvalue weighted by atomic mass is 32.1. The molecule has 9 heteroatoms. The monoisotopic (exact) mass is 345 g/mol. The van der Waals surface area contributed by atoms with E-state index in [9.17, 15) is 13.2 Å². The highest BCUT2D eigenvalue weighted by Crippen LogP contribution is 2.33. The third-order valence-corrected chi connectivity index (χ3v) is 4.48. The number of fused-ring (bicyclic) bond motifs is 1. The maximum absolute atomic E-state index is 13.0. The van der Waals surface area contributed by atoms with Gasteiger partial charge in [0, 0.05) is 17.9 Å². The SMILES string of the molecule is Cc1cc(C)n2c(n1)nc(=S)n2CN1CCCC(C(F)(F)F)C1. The van der Waals surface area contributed by atoms with E-state index in [1.165, 1.54) is 0 Å². The molecule has 3 rings (SSSR count). The van der Waals surface area contributed by atoms with Crippen molar-refractivity contribution < 1.29 is 13.2 Å². The Morgan fingerprint density at radius 1 is 1.30 bits per heavy atom. The Morgan fingerprint density at radius 3 is 2.74 bits per heavy atom. The van der Waals surface area contributed by atoms with Gasteiger partial charge in [-0.25, -0.2) is 14.2 Å². The molecule has 1 aliphatic rings. The number of hydrogen-bond donors (Lipinski definition) is 0. The second kappa shape index (κ2) is 5.86. The molecule has 1 unspecified atom stereocenters. The van der Waals surface area contributed by atoms with Crippen molar-refractivity contribution in [3.63, 3.8) is 0 Å². The molecule has 0 bridgehead atoms. The van der Waals surface area contributed by atoms with Crippen molar-refractivity contribution in [2.75, 3.05) is 13.1 Å². The third-order valence-electron chi connectivity index (χ3n) is 4.18. The van der Waals surface area contributed by atoms with Gasteiger partial charge >= 0.3 is 6.18 Å². The van der Waals surface area contributed by atoms with E-state index in [1.807, 2.05) is 19.9 Å². The van der Waals surface area contributed by atoms with Gasteiger partial charge in [-0.15, -0.1) is 0 Å². The zero-order valence-corrected chi connectivity index (χ0v) is 13.8. The maximum Gasteiger partial charge on any atom is 0.393 e. The van der Waals surface area contributed by atoms with E-state index in [2.05, 4.69) is 9.97 Å². The van der Waals surface area contributed by atoms with E-state index < -0.39 is 12.1 Å². The number of piperidine rings is 1. The zero-order chi connectivity index (χ0) is 16.8. The average Bonchev–Trinajstić information content (AvgIpc) is 2.74. The molecular weight excluding hydrogens is 327 g/mol. The number of likely N-dealkylation sites (tertiary alicyclic amines) is 1. The molecule has 0 N–H and O–H groups in total. The Kier molecular flexibility index (Phi) is 4.18. The first-order valence-electron chi connectivity index (χ1n) is 7.48. The van der Waals surface area contributed by atoms with Crippen LogP contribution in [0.15, 0.2) is 6.07 Å². The van der Waals surface area contributed by atoms with Crippen LogP contribution in [0.5, 0.6) is 0 Å². The Bertz CT molecular complexity index is 779. The number of aromatic nitrogens is 4. The van der Waals surface area contributed by atoms with Gasteiger partial charge in [-0.1, -0.05) is 0 Å². The van der Waals surface area contributed by atoms with Crippen LogP contribution in [0.25, 0.3) is 5.78 Å². The number of nitrogens with zero attached hydrogens (tertiary/aromatic N) is 5. The lowest BCUT2D eigenvalue weighted by molar-refractivity contribution is -0.188. The van der Waals surface area contributed by atoms with Crippen LogP contribution in [-0.4, -0.2) is 43.3 Å². The van der Waals surface area contributed by atoms with Crippen molar-refractivity contribution >= 4 is 18.0 Å².